The summed E-state index contributed by atoms with van der Waals surface area (Å²) in [6.07, 6.45) is 1.48. The minimum Gasteiger partial charge on any atom is -0.385 e. The lowest BCUT2D eigenvalue weighted by atomic mass is 10.2. The van der Waals surface area contributed by atoms with Crippen molar-refractivity contribution in [3.8, 4) is 0 Å². The third-order valence-electron chi connectivity index (χ3n) is 2.51. The van der Waals surface area contributed by atoms with E-state index in [0.29, 0.717) is 0 Å². The van der Waals surface area contributed by atoms with Crippen molar-refractivity contribution < 1.29 is 9.47 Å². The Morgan fingerprint density at radius 3 is 2.62 bits per heavy atom. The van der Waals surface area contributed by atoms with Crippen LogP contribution >= 0.6 is 12.2 Å². The fourth-order valence-electron chi connectivity index (χ4n) is 1.87. The molecule has 0 radical (unpaired) electrons. The molecule has 0 amide bonds. The molecule has 0 saturated carbocycles. The zero-order chi connectivity index (χ0) is 12.0. The van der Waals surface area contributed by atoms with Gasteiger partial charge in [-0.15, -0.1) is 0 Å². The molecule has 94 valence electrons. The van der Waals surface area contributed by atoms with E-state index in [0.717, 1.165) is 37.8 Å². The lowest BCUT2D eigenvalue weighted by Crippen LogP contribution is -2.51. The summed E-state index contributed by atoms with van der Waals surface area (Å²) in [5.41, 5.74) is 0. The Hall–Kier alpha value is -0.390. The van der Waals surface area contributed by atoms with Gasteiger partial charge in [0.05, 0.1) is 12.2 Å². The summed E-state index contributed by atoms with van der Waals surface area (Å²) in [6.45, 7) is 7.55. The van der Waals surface area contributed by atoms with Gasteiger partial charge >= 0.3 is 0 Å². The fraction of sp³-hybridized carbons (Fsp3) is 0.909. The molecule has 1 saturated heterocycles. The normalized spacial score (nSPS) is 25.6. The van der Waals surface area contributed by atoms with Gasteiger partial charge in [0.2, 0.25) is 0 Å². The van der Waals surface area contributed by atoms with Crippen molar-refractivity contribution in [2.24, 2.45) is 0 Å². The average molecular weight is 246 g/mol. The number of nitrogens with one attached hydrogen (secondary N) is 1. The largest absolute Gasteiger partial charge is 0.385 e. The smallest absolute Gasteiger partial charge is 0.169 e. The number of ether oxygens (including phenoxy) is 2. The van der Waals surface area contributed by atoms with Crippen molar-refractivity contribution in [2.45, 2.75) is 32.5 Å². The van der Waals surface area contributed by atoms with E-state index in [9.17, 15) is 0 Å². The minimum absolute atomic E-state index is 0.252. The summed E-state index contributed by atoms with van der Waals surface area (Å²) in [4.78, 5) is 2.18. The second-order valence-electron chi connectivity index (χ2n) is 4.24. The number of hydrogen-bond acceptors (Lipinski definition) is 3. The van der Waals surface area contributed by atoms with Crippen molar-refractivity contribution in [2.75, 3.05) is 33.4 Å². The third-order valence-corrected chi connectivity index (χ3v) is 2.91. The van der Waals surface area contributed by atoms with Crippen LogP contribution in [-0.2, 0) is 9.47 Å². The lowest BCUT2D eigenvalue weighted by molar-refractivity contribution is -0.0481. The number of hydrogen-bond donors (Lipinski definition) is 1. The monoisotopic (exact) mass is 246 g/mol. The van der Waals surface area contributed by atoms with Gasteiger partial charge in [-0.05, 0) is 32.5 Å². The zero-order valence-electron chi connectivity index (χ0n) is 10.4. The van der Waals surface area contributed by atoms with Crippen LogP contribution in [0.25, 0.3) is 0 Å². The highest BCUT2D eigenvalue weighted by Crippen LogP contribution is 2.10. The molecule has 0 aromatic carbocycles. The molecule has 1 rings (SSSR count). The number of nitrogens with zero attached hydrogens (tertiary/aromatic N) is 1. The summed E-state index contributed by atoms with van der Waals surface area (Å²) in [6, 6.07) is 0. The van der Waals surface area contributed by atoms with Crippen LogP contribution in [0.4, 0.5) is 0 Å². The van der Waals surface area contributed by atoms with Gasteiger partial charge < -0.3 is 19.7 Å². The quantitative estimate of drug-likeness (QED) is 0.591. The molecule has 1 heterocycles. The number of rotatable bonds is 4. The van der Waals surface area contributed by atoms with Crippen molar-refractivity contribution in [1.29, 1.82) is 0 Å². The van der Waals surface area contributed by atoms with E-state index in [1.54, 1.807) is 7.11 Å². The third kappa shape index (κ3) is 4.63. The lowest BCUT2D eigenvalue weighted by Gasteiger charge is -2.36. The van der Waals surface area contributed by atoms with Crippen molar-refractivity contribution in [3.63, 3.8) is 0 Å². The molecule has 0 aromatic heterocycles. The summed E-state index contributed by atoms with van der Waals surface area (Å²) in [7, 11) is 1.71. The minimum atomic E-state index is 0.252. The van der Waals surface area contributed by atoms with Crippen LogP contribution in [0.5, 0.6) is 0 Å². The maximum absolute atomic E-state index is 5.66. The summed E-state index contributed by atoms with van der Waals surface area (Å²) in [5.74, 6) is 0. The van der Waals surface area contributed by atoms with Crippen LogP contribution in [0.15, 0.2) is 0 Å². The maximum Gasteiger partial charge on any atom is 0.169 e. The van der Waals surface area contributed by atoms with Gasteiger partial charge in [0.25, 0.3) is 0 Å². The molecule has 1 N–H and O–H groups in total. The molecule has 4 nitrogen and oxygen atoms in total. The molecule has 1 aliphatic heterocycles. The first-order chi connectivity index (χ1) is 7.63. The predicted octanol–water partition coefficient (Wildman–Crippen LogP) is 1.01. The van der Waals surface area contributed by atoms with Crippen LogP contribution < -0.4 is 5.32 Å². The highest BCUT2D eigenvalue weighted by atomic mass is 32.1. The first-order valence-corrected chi connectivity index (χ1v) is 6.21. The van der Waals surface area contributed by atoms with Crippen LogP contribution in [0.2, 0.25) is 0 Å². The number of methoxy groups -OCH3 is 1. The van der Waals surface area contributed by atoms with Gasteiger partial charge in [0, 0.05) is 33.4 Å². The molecule has 1 aliphatic rings. The molecule has 2 atom stereocenters. The Bertz CT molecular complexity index is 216. The molecule has 0 aliphatic carbocycles. The van der Waals surface area contributed by atoms with E-state index in [-0.39, 0.29) is 12.2 Å². The molecule has 0 unspecified atom stereocenters. The van der Waals surface area contributed by atoms with Crippen LogP contribution in [0.3, 0.4) is 0 Å². The fourth-order valence-corrected chi connectivity index (χ4v) is 2.12. The van der Waals surface area contributed by atoms with Crippen LogP contribution in [0.1, 0.15) is 20.3 Å². The first-order valence-electron chi connectivity index (χ1n) is 5.80. The summed E-state index contributed by atoms with van der Waals surface area (Å²) < 4.78 is 10.6. The second-order valence-corrected chi connectivity index (χ2v) is 4.63. The van der Waals surface area contributed by atoms with Gasteiger partial charge in [-0.2, -0.15) is 0 Å². The molecule has 1 fully saturated rings. The predicted molar refractivity (Wildman–Crippen MR) is 68.7 cm³/mol. The van der Waals surface area contributed by atoms with Crippen molar-refractivity contribution in [1.82, 2.24) is 10.2 Å². The molecule has 5 heteroatoms. The van der Waals surface area contributed by atoms with E-state index in [4.69, 9.17) is 21.7 Å². The summed E-state index contributed by atoms with van der Waals surface area (Å²) in [5, 5.41) is 4.08. The molecule has 0 spiro atoms. The molecular weight excluding hydrogens is 224 g/mol. The van der Waals surface area contributed by atoms with Gasteiger partial charge in [0.1, 0.15) is 0 Å². The van der Waals surface area contributed by atoms with Crippen molar-refractivity contribution >= 4 is 17.3 Å². The van der Waals surface area contributed by atoms with Crippen molar-refractivity contribution in [3.05, 3.63) is 0 Å². The number of thiocarbonyl (C=S) groups is 1. The Morgan fingerprint density at radius 2 is 2.06 bits per heavy atom. The first kappa shape index (κ1) is 13.7. The highest BCUT2D eigenvalue weighted by molar-refractivity contribution is 7.80. The summed E-state index contributed by atoms with van der Waals surface area (Å²) >= 11 is 5.35. The van der Waals surface area contributed by atoms with Gasteiger partial charge in [-0.3, -0.25) is 0 Å². The Morgan fingerprint density at radius 1 is 1.44 bits per heavy atom. The van der Waals surface area contributed by atoms with E-state index in [1.165, 1.54) is 0 Å². The van der Waals surface area contributed by atoms with Crippen LogP contribution in [0, 0.1) is 0 Å². The second kappa shape index (κ2) is 7.04. The number of morpholine rings is 1. The highest BCUT2D eigenvalue weighted by Gasteiger charge is 2.23. The van der Waals surface area contributed by atoms with Gasteiger partial charge in [-0.25, -0.2) is 0 Å². The van der Waals surface area contributed by atoms with E-state index in [2.05, 4.69) is 24.1 Å². The van der Waals surface area contributed by atoms with Crippen LogP contribution in [-0.4, -0.2) is 55.6 Å². The Kier molecular flexibility index (Phi) is 6.01. The molecular formula is C11H22N2O2S. The van der Waals surface area contributed by atoms with E-state index in [1.807, 2.05) is 0 Å². The average Bonchev–Trinajstić information content (AvgIpc) is 2.22. The Balaban J connectivity index is 2.24. The molecule has 0 bridgehead atoms. The van der Waals surface area contributed by atoms with E-state index < -0.39 is 0 Å². The molecule has 16 heavy (non-hydrogen) atoms. The maximum atomic E-state index is 5.66. The standard InChI is InChI=1S/C11H22N2O2S/c1-9-7-13(8-10(2)15-9)11(16)12-5-4-6-14-3/h9-10H,4-8H2,1-3H3,(H,12,16)/t9-,10-/m1/s1. The molecule has 0 aromatic rings. The van der Waals surface area contributed by atoms with Gasteiger partial charge in [-0.1, -0.05) is 0 Å². The van der Waals surface area contributed by atoms with Gasteiger partial charge in [0.15, 0.2) is 5.11 Å². The zero-order valence-corrected chi connectivity index (χ0v) is 11.2. The van der Waals surface area contributed by atoms with E-state index >= 15 is 0 Å². The SMILES string of the molecule is COCCCNC(=S)N1C[C@@H](C)O[C@H](C)C1. The Labute approximate surface area is 103 Å². The topological polar surface area (TPSA) is 33.7 Å².